The molecule has 3 rings (SSSR count). The average Bonchev–Trinajstić information content (AvgIpc) is 3.01. The van der Waals surface area contributed by atoms with Crippen molar-refractivity contribution in [1.82, 2.24) is 10.3 Å². The minimum absolute atomic E-state index is 0.189. The van der Waals surface area contributed by atoms with Crippen LogP contribution in [0.1, 0.15) is 23.6 Å². The molecule has 0 saturated carbocycles. The van der Waals surface area contributed by atoms with Gasteiger partial charge < -0.3 is 10.1 Å². The lowest BCUT2D eigenvalue weighted by Crippen LogP contribution is -2.08. The Kier molecular flexibility index (Phi) is 4.36. The maximum atomic E-state index is 13.6. The molecule has 21 heavy (non-hydrogen) atoms. The highest BCUT2D eigenvalue weighted by Gasteiger charge is 2.17. The van der Waals surface area contributed by atoms with Gasteiger partial charge in [-0.05, 0) is 54.8 Å². The molecule has 1 aromatic heterocycles. The second-order valence-corrected chi connectivity index (χ2v) is 5.57. The minimum Gasteiger partial charge on any atom is -0.484 e. The molecule has 1 aliphatic heterocycles. The molecular formula is C16H16ClFN2O. The van der Waals surface area contributed by atoms with Gasteiger partial charge >= 0.3 is 0 Å². The Bertz CT molecular complexity index is 629. The van der Waals surface area contributed by atoms with E-state index in [9.17, 15) is 4.39 Å². The van der Waals surface area contributed by atoms with Gasteiger partial charge in [-0.15, -0.1) is 0 Å². The van der Waals surface area contributed by atoms with Crippen molar-refractivity contribution in [3.63, 3.8) is 0 Å². The van der Waals surface area contributed by atoms with E-state index < -0.39 is 5.82 Å². The van der Waals surface area contributed by atoms with E-state index in [1.54, 1.807) is 12.3 Å². The molecule has 2 heterocycles. The summed E-state index contributed by atoms with van der Waals surface area (Å²) >= 11 is 5.71. The van der Waals surface area contributed by atoms with Crippen LogP contribution in [0.2, 0.25) is 5.02 Å². The standard InChI is InChI=1S/C16H16ClFN2O/c17-13-1-2-16(15(18)8-13)21-10-14-7-11(4-6-20-14)12-3-5-19-9-12/h1-2,4,6-8,12,19H,3,5,9-10H2. The molecular weight excluding hydrogens is 291 g/mol. The van der Waals surface area contributed by atoms with E-state index in [1.807, 2.05) is 12.1 Å². The zero-order chi connectivity index (χ0) is 14.7. The molecule has 1 atom stereocenters. The SMILES string of the molecule is Fc1cc(Cl)ccc1OCc1cc(C2CCNC2)ccn1. The van der Waals surface area contributed by atoms with Crippen LogP contribution in [0.4, 0.5) is 4.39 Å². The number of nitrogens with zero attached hydrogens (tertiary/aromatic N) is 1. The third-order valence-corrected chi connectivity index (χ3v) is 3.88. The van der Waals surface area contributed by atoms with Gasteiger partial charge in [0, 0.05) is 17.8 Å². The summed E-state index contributed by atoms with van der Waals surface area (Å²) in [5, 5.41) is 3.70. The number of aromatic nitrogens is 1. The summed E-state index contributed by atoms with van der Waals surface area (Å²) in [4.78, 5) is 4.28. The van der Waals surface area contributed by atoms with Crippen molar-refractivity contribution in [3.8, 4) is 5.75 Å². The van der Waals surface area contributed by atoms with Crippen molar-refractivity contribution in [3.05, 3.63) is 58.6 Å². The highest BCUT2D eigenvalue weighted by atomic mass is 35.5. The average molecular weight is 307 g/mol. The van der Waals surface area contributed by atoms with Gasteiger partial charge in [0.25, 0.3) is 0 Å². The Morgan fingerprint density at radius 2 is 2.24 bits per heavy atom. The van der Waals surface area contributed by atoms with Crippen LogP contribution in [0.5, 0.6) is 5.75 Å². The zero-order valence-corrected chi connectivity index (χ0v) is 12.2. The molecule has 1 aromatic carbocycles. The van der Waals surface area contributed by atoms with E-state index in [-0.39, 0.29) is 12.4 Å². The molecule has 5 heteroatoms. The van der Waals surface area contributed by atoms with Crippen molar-refractivity contribution in [2.24, 2.45) is 0 Å². The Balaban J connectivity index is 1.68. The number of benzene rings is 1. The maximum Gasteiger partial charge on any atom is 0.166 e. The molecule has 0 radical (unpaired) electrons. The summed E-state index contributed by atoms with van der Waals surface area (Å²) in [5.41, 5.74) is 2.05. The van der Waals surface area contributed by atoms with Gasteiger partial charge in [-0.1, -0.05) is 11.6 Å². The molecule has 1 fully saturated rings. The first-order chi connectivity index (χ1) is 10.2. The molecule has 110 valence electrons. The van der Waals surface area contributed by atoms with Crippen LogP contribution in [0.25, 0.3) is 0 Å². The number of hydrogen-bond acceptors (Lipinski definition) is 3. The predicted molar refractivity (Wildman–Crippen MR) is 80.2 cm³/mol. The number of halogens is 2. The summed E-state index contributed by atoms with van der Waals surface area (Å²) in [6, 6.07) is 8.44. The van der Waals surface area contributed by atoms with Crippen LogP contribution in [-0.4, -0.2) is 18.1 Å². The summed E-state index contributed by atoms with van der Waals surface area (Å²) in [7, 11) is 0. The largest absolute Gasteiger partial charge is 0.484 e. The molecule has 1 saturated heterocycles. The fourth-order valence-corrected chi connectivity index (χ4v) is 2.67. The second kappa shape index (κ2) is 6.41. The van der Waals surface area contributed by atoms with Gasteiger partial charge in [-0.3, -0.25) is 4.98 Å². The van der Waals surface area contributed by atoms with Crippen LogP contribution in [0.3, 0.4) is 0 Å². The summed E-state index contributed by atoms with van der Waals surface area (Å²) in [6.45, 7) is 2.29. The van der Waals surface area contributed by atoms with E-state index in [0.717, 1.165) is 25.2 Å². The van der Waals surface area contributed by atoms with Crippen LogP contribution in [0, 0.1) is 5.82 Å². The third kappa shape index (κ3) is 3.52. The first kappa shape index (κ1) is 14.3. The van der Waals surface area contributed by atoms with Crippen molar-refractivity contribution in [1.29, 1.82) is 0 Å². The number of rotatable bonds is 4. The maximum absolute atomic E-state index is 13.6. The van der Waals surface area contributed by atoms with E-state index >= 15 is 0 Å². The first-order valence-electron chi connectivity index (χ1n) is 6.96. The lowest BCUT2D eigenvalue weighted by atomic mass is 9.99. The predicted octanol–water partition coefficient (Wildman–Crippen LogP) is 3.53. The molecule has 0 bridgehead atoms. The van der Waals surface area contributed by atoms with Gasteiger partial charge in [0.2, 0.25) is 0 Å². The molecule has 1 aliphatic rings. The summed E-state index contributed by atoms with van der Waals surface area (Å²) in [6.07, 6.45) is 2.92. The second-order valence-electron chi connectivity index (χ2n) is 5.13. The summed E-state index contributed by atoms with van der Waals surface area (Å²) < 4.78 is 19.1. The molecule has 1 unspecified atom stereocenters. The third-order valence-electron chi connectivity index (χ3n) is 3.64. The number of pyridine rings is 1. The van der Waals surface area contributed by atoms with Gasteiger partial charge in [0.15, 0.2) is 11.6 Å². The van der Waals surface area contributed by atoms with Gasteiger partial charge in [0.1, 0.15) is 6.61 Å². The fourth-order valence-electron chi connectivity index (χ4n) is 2.51. The molecule has 2 aromatic rings. The number of ether oxygens (including phenoxy) is 1. The van der Waals surface area contributed by atoms with Gasteiger partial charge in [0.05, 0.1) is 5.69 Å². The molecule has 1 N–H and O–H groups in total. The van der Waals surface area contributed by atoms with Crippen LogP contribution in [-0.2, 0) is 6.61 Å². The van der Waals surface area contributed by atoms with Gasteiger partial charge in [-0.2, -0.15) is 0 Å². The van der Waals surface area contributed by atoms with E-state index in [2.05, 4.69) is 10.3 Å². The van der Waals surface area contributed by atoms with Crippen molar-refractivity contribution in [2.45, 2.75) is 18.9 Å². The van der Waals surface area contributed by atoms with E-state index in [0.29, 0.717) is 10.9 Å². The smallest absolute Gasteiger partial charge is 0.166 e. The summed E-state index contributed by atoms with van der Waals surface area (Å²) in [5.74, 6) is 0.256. The zero-order valence-electron chi connectivity index (χ0n) is 11.5. The quantitative estimate of drug-likeness (QED) is 0.938. The molecule has 0 aliphatic carbocycles. The Morgan fingerprint density at radius 1 is 1.33 bits per heavy atom. The number of nitrogens with one attached hydrogen (secondary N) is 1. The Labute approximate surface area is 128 Å². The topological polar surface area (TPSA) is 34.1 Å². The fraction of sp³-hybridized carbons (Fsp3) is 0.312. The van der Waals surface area contributed by atoms with Crippen molar-refractivity contribution in [2.75, 3.05) is 13.1 Å². The number of hydrogen-bond donors (Lipinski definition) is 1. The van der Waals surface area contributed by atoms with Crippen LogP contribution < -0.4 is 10.1 Å². The lowest BCUT2D eigenvalue weighted by Gasteiger charge is -2.11. The lowest BCUT2D eigenvalue weighted by molar-refractivity contribution is 0.286. The van der Waals surface area contributed by atoms with Crippen molar-refractivity contribution >= 4 is 11.6 Å². The van der Waals surface area contributed by atoms with Crippen molar-refractivity contribution < 1.29 is 9.13 Å². The molecule has 3 nitrogen and oxygen atoms in total. The highest BCUT2D eigenvalue weighted by molar-refractivity contribution is 6.30. The Hall–Kier alpha value is -1.65. The first-order valence-corrected chi connectivity index (χ1v) is 7.33. The molecule has 0 amide bonds. The molecule has 0 spiro atoms. The highest BCUT2D eigenvalue weighted by Crippen LogP contribution is 2.24. The van der Waals surface area contributed by atoms with Crippen LogP contribution >= 0.6 is 11.6 Å². The van der Waals surface area contributed by atoms with Gasteiger partial charge in [-0.25, -0.2) is 4.39 Å². The van der Waals surface area contributed by atoms with E-state index in [1.165, 1.54) is 17.7 Å². The monoisotopic (exact) mass is 306 g/mol. The minimum atomic E-state index is -0.460. The van der Waals surface area contributed by atoms with E-state index in [4.69, 9.17) is 16.3 Å². The Morgan fingerprint density at radius 3 is 3.00 bits per heavy atom. The van der Waals surface area contributed by atoms with Crippen LogP contribution in [0.15, 0.2) is 36.5 Å². The normalized spacial score (nSPS) is 17.9.